The van der Waals surface area contributed by atoms with Gasteiger partial charge in [0.15, 0.2) is 0 Å². The van der Waals surface area contributed by atoms with Gasteiger partial charge in [-0.2, -0.15) is 0 Å². The molecule has 4 rings (SSSR count). The molecule has 2 aliphatic carbocycles. The quantitative estimate of drug-likeness (QED) is 0.729. The standard InChI is InChI=1S/C24H39N3/c1-23(2)12-13-24(3,4)20-16-17(8-9-19(20)23)21-6-5-7-22(27-21)26-18-10-14-25-15-11-18/h5-7,17-20,25H,8-16H2,1-4H3,(H,26,27). The van der Waals surface area contributed by atoms with Crippen molar-refractivity contribution in [3.8, 4) is 0 Å². The zero-order valence-electron chi connectivity index (χ0n) is 17.9. The van der Waals surface area contributed by atoms with E-state index in [0.29, 0.717) is 22.8 Å². The Labute approximate surface area is 166 Å². The van der Waals surface area contributed by atoms with Crippen molar-refractivity contribution in [3.63, 3.8) is 0 Å². The van der Waals surface area contributed by atoms with E-state index < -0.39 is 0 Å². The predicted octanol–water partition coefficient (Wildman–Crippen LogP) is 5.59. The van der Waals surface area contributed by atoms with Gasteiger partial charge in [-0.3, -0.25) is 0 Å². The highest BCUT2D eigenvalue weighted by molar-refractivity contribution is 5.37. The summed E-state index contributed by atoms with van der Waals surface area (Å²) in [6, 6.07) is 7.22. The third-order valence-corrected chi connectivity index (χ3v) is 8.15. The zero-order chi connectivity index (χ0) is 19.1. The number of nitrogens with zero attached hydrogens (tertiary/aromatic N) is 1. The molecule has 27 heavy (non-hydrogen) atoms. The largest absolute Gasteiger partial charge is 0.367 e. The lowest BCUT2D eigenvalue weighted by molar-refractivity contribution is -0.0501. The first kappa shape index (κ1) is 19.2. The first-order valence-electron chi connectivity index (χ1n) is 11.3. The van der Waals surface area contributed by atoms with Gasteiger partial charge in [0, 0.05) is 17.7 Å². The molecule has 0 bridgehead atoms. The maximum atomic E-state index is 5.08. The second-order valence-corrected chi connectivity index (χ2v) is 10.8. The molecule has 3 fully saturated rings. The lowest BCUT2D eigenvalue weighted by atomic mass is 9.49. The van der Waals surface area contributed by atoms with E-state index >= 15 is 0 Å². The summed E-state index contributed by atoms with van der Waals surface area (Å²) in [4.78, 5) is 5.08. The summed E-state index contributed by atoms with van der Waals surface area (Å²) in [5.41, 5.74) is 2.31. The van der Waals surface area contributed by atoms with Crippen LogP contribution in [0.4, 0.5) is 5.82 Å². The first-order valence-corrected chi connectivity index (χ1v) is 11.3. The van der Waals surface area contributed by atoms with Crippen molar-refractivity contribution in [1.82, 2.24) is 10.3 Å². The number of nitrogens with one attached hydrogen (secondary N) is 2. The van der Waals surface area contributed by atoms with E-state index in [1.165, 1.54) is 50.6 Å². The summed E-state index contributed by atoms with van der Waals surface area (Å²) in [6.07, 6.45) is 9.16. The highest BCUT2D eigenvalue weighted by Crippen LogP contribution is 2.59. The molecule has 1 aromatic heterocycles. The number of anilines is 1. The Bertz CT molecular complexity index is 645. The molecule has 2 saturated carbocycles. The van der Waals surface area contributed by atoms with Gasteiger partial charge in [0.25, 0.3) is 0 Å². The van der Waals surface area contributed by atoms with Crippen LogP contribution in [0, 0.1) is 22.7 Å². The number of aromatic nitrogens is 1. The Morgan fingerprint density at radius 1 is 0.926 bits per heavy atom. The van der Waals surface area contributed by atoms with Crippen LogP contribution in [-0.4, -0.2) is 24.1 Å². The Morgan fingerprint density at radius 2 is 1.63 bits per heavy atom. The van der Waals surface area contributed by atoms with E-state index in [2.05, 4.69) is 56.5 Å². The maximum Gasteiger partial charge on any atom is 0.126 e. The van der Waals surface area contributed by atoms with Crippen LogP contribution in [0.2, 0.25) is 0 Å². The van der Waals surface area contributed by atoms with Crippen LogP contribution < -0.4 is 10.6 Å². The van der Waals surface area contributed by atoms with Crippen LogP contribution in [-0.2, 0) is 0 Å². The molecule has 3 unspecified atom stereocenters. The Morgan fingerprint density at radius 3 is 2.37 bits per heavy atom. The predicted molar refractivity (Wildman–Crippen MR) is 114 cm³/mol. The van der Waals surface area contributed by atoms with Crippen LogP contribution in [0.5, 0.6) is 0 Å². The molecule has 0 amide bonds. The van der Waals surface area contributed by atoms with Crippen molar-refractivity contribution >= 4 is 5.82 Å². The molecular formula is C24H39N3. The summed E-state index contributed by atoms with van der Waals surface area (Å²) in [6.45, 7) is 12.3. The average Bonchev–Trinajstić information content (AvgIpc) is 2.66. The minimum absolute atomic E-state index is 0.476. The second-order valence-electron chi connectivity index (χ2n) is 10.8. The van der Waals surface area contributed by atoms with Gasteiger partial charge in [-0.05, 0) is 92.8 Å². The normalized spacial score (nSPS) is 33.3. The number of hydrogen-bond donors (Lipinski definition) is 2. The molecule has 0 spiro atoms. The van der Waals surface area contributed by atoms with Gasteiger partial charge in [0.05, 0.1) is 0 Å². The van der Waals surface area contributed by atoms with Gasteiger partial charge in [0.1, 0.15) is 5.82 Å². The van der Waals surface area contributed by atoms with Crippen LogP contribution in [0.25, 0.3) is 0 Å². The van der Waals surface area contributed by atoms with E-state index in [1.54, 1.807) is 0 Å². The molecule has 3 atom stereocenters. The molecule has 0 radical (unpaired) electrons. The number of rotatable bonds is 3. The SMILES string of the molecule is CC1(C)CCC(C)(C)C2CC(c3cccc(NC4CCNCC4)n3)CCC21. The summed E-state index contributed by atoms with van der Waals surface area (Å²) in [5.74, 6) is 3.44. The topological polar surface area (TPSA) is 37.0 Å². The zero-order valence-corrected chi connectivity index (χ0v) is 17.9. The van der Waals surface area contributed by atoms with Crippen molar-refractivity contribution in [2.45, 2.75) is 84.6 Å². The summed E-state index contributed by atoms with van der Waals surface area (Å²) in [7, 11) is 0. The van der Waals surface area contributed by atoms with Gasteiger partial charge in [-0.1, -0.05) is 33.8 Å². The number of hydrogen-bond acceptors (Lipinski definition) is 3. The molecule has 2 heterocycles. The van der Waals surface area contributed by atoms with E-state index in [9.17, 15) is 0 Å². The molecular weight excluding hydrogens is 330 g/mol. The van der Waals surface area contributed by atoms with Crippen LogP contribution in [0.1, 0.15) is 84.3 Å². The van der Waals surface area contributed by atoms with Crippen molar-refractivity contribution < 1.29 is 0 Å². The smallest absolute Gasteiger partial charge is 0.126 e. The molecule has 2 N–H and O–H groups in total. The van der Waals surface area contributed by atoms with Crippen molar-refractivity contribution in [3.05, 3.63) is 23.9 Å². The summed E-state index contributed by atoms with van der Waals surface area (Å²) < 4.78 is 0. The van der Waals surface area contributed by atoms with E-state index in [-0.39, 0.29) is 0 Å². The Kier molecular flexibility index (Phi) is 5.26. The highest BCUT2D eigenvalue weighted by Gasteiger charge is 2.50. The van der Waals surface area contributed by atoms with Gasteiger partial charge in [-0.15, -0.1) is 0 Å². The maximum absolute atomic E-state index is 5.08. The van der Waals surface area contributed by atoms with E-state index in [4.69, 9.17) is 4.98 Å². The van der Waals surface area contributed by atoms with Gasteiger partial charge < -0.3 is 10.6 Å². The Balaban J connectivity index is 1.48. The number of pyridine rings is 1. The lowest BCUT2D eigenvalue weighted by Gasteiger charge is -2.56. The third kappa shape index (κ3) is 4.04. The van der Waals surface area contributed by atoms with Gasteiger partial charge in [0.2, 0.25) is 0 Å². The first-order chi connectivity index (χ1) is 12.9. The van der Waals surface area contributed by atoms with Gasteiger partial charge in [-0.25, -0.2) is 4.98 Å². The molecule has 3 heteroatoms. The molecule has 3 aliphatic rings. The van der Waals surface area contributed by atoms with Crippen LogP contribution >= 0.6 is 0 Å². The van der Waals surface area contributed by atoms with Crippen molar-refractivity contribution in [2.24, 2.45) is 22.7 Å². The van der Waals surface area contributed by atoms with Crippen LogP contribution in [0.15, 0.2) is 18.2 Å². The molecule has 3 nitrogen and oxygen atoms in total. The van der Waals surface area contributed by atoms with E-state index in [0.717, 1.165) is 30.7 Å². The number of piperidine rings is 1. The molecule has 1 saturated heterocycles. The lowest BCUT2D eigenvalue weighted by Crippen LogP contribution is -2.47. The number of fused-ring (bicyclic) bond motifs is 1. The van der Waals surface area contributed by atoms with Gasteiger partial charge >= 0.3 is 0 Å². The van der Waals surface area contributed by atoms with Crippen molar-refractivity contribution in [1.29, 1.82) is 0 Å². The summed E-state index contributed by atoms with van der Waals surface area (Å²) in [5, 5.41) is 7.14. The molecule has 0 aromatic carbocycles. The fourth-order valence-corrected chi connectivity index (χ4v) is 6.19. The Hall–Kier alpha value is -1.09. The molecule has 1 aromatic rings. The third-order valence-electron chi connectivity index (χ3n) is 8.15. The minimum Gasteiger partial charge on any atom is -0.367 e. The molecule has 150 valence electrons. The minimum atomic E-state index is 0.476. The monoisotopic (exact) mass is 369 g/mol. The fourth-order valence-electron chi connectivity index (χ4n) is 6.19. The summed E-state index contributed by atoms with van der Waals surface area (Å²) >= 11 is 0. The average molecular weight is 370 g/mol. The van der Waals surface area contributed by atoms with Crippen molar-refractivity contribution in [2.75, 3.05) is 18.4 Å². The highest BCUT2D eigenvalue weighted by atomic mass is 15.0. The molecule has 1 aliphatic heterocycles. The van der Waals surface area contributed by atoms with Crippen LogP contribution in [0.3, 0.4) is 0 Å². The second kappa shape index (κ2) is 7.39. The fraction of sp³-hybridized carbons (Fsp3) is 0.792. The van der Waals surface area contributed by atoms with E-state index in [1.807, 2.05) is 0 Å².